The molecule has 0 spiro atoms. The van der Waals surface area contributed by atoms with E-state index in [9.17, 15) is 4.79 Å². The molecule has 2 rings (SSSR count). The van der Waals surface area contributed by atoms with Crippen molar-refractivity contribution in [3.63, 3.8) is 0 Å². The molecule has 4 heteroatoms. The molecule has 98 valence electrons. The zero-order chi connectivity index (χ0) is 13.1. The van der Waals surface area contributed by atoms with E-state index in [1.54, 1.807) is 12.1 Å². The van der Waals surface area contributed by atoms with Gasteiger partial charge in [-0.3, -0.25) is 0 Å². The lowest BCUT2D eigenvalue weighted by molar-refractivity contribution is 0.0698. The van der Waals surface area contributed by atoms with Crippen LogP contribution in [0.5, 0.6) is 0 Å². The predicted molar refractivity (Wildman–Crippen MR) is 73.0 cm³/mol. The lowest BCUT2D eigenvalue weighted by Crippen LogP contribution is -2.33. The van der Waals surface area contributed by atoms with Crippen molar-refractivity contribution in [2.24, 2.45) is 5.92 Å². The highest BCUT2D eigenvalue weighted by molar-refractivity contribution is 5.97. The summed E-state index contributed by atoms with van der Waals surface area (Å²) in [5.74, 6) is -0.230. The van der Waals surface area contributed by atoms with E-state index in [1.165, 1.54) is 19.3 Å². The van der Waals surface area contributed by atoms with E-state index in [0.717, 1.165) is 24.7 Å². The average molecular weight is 248 g/mol. The minimum Gasteiger partial charge on any atom is -0.478 e. The molecule has 3 N–H and O–H groups in total. The number of para-hydroxylation sites is 1. The van der Waals surface area contributed by atoms with Crippen molar-refractivity contribution in [3.05, 3.63) is 23.8 Å². The first-order chi connectivity index (χ1) is 8.63. The Balaban J connectivity index is 2.23. The Hall–Kier alpha value is -1.71. The molecule has 4 nitrogen and oxygen atoms in total. The SMILES string of the molecule is CCN(CC1CCC1)c1cccc(C(=O)O)c1N. The minimum atomic E-state index is -0.964. The monoisotopic (exact) mass is 248 g/mol. The molecule has 0 atom stereocenters. The van der Waals surface area contributed by atoms with E-state index < -0.39 is 5.97 Å². The summed E-state index contributed by atoms with van der Waals surface area (Å²) >= 11 is 0. The molecule has 1 aliphatic rings. The van der Waals surface area contributed by atoms with Crippen LogP contribution in [0.15, 0.2) is 18.2 Å². The summed E-state index contributed by atoms with van der Waals surface area (Å²) in [7, 11) is 0. The van der Waals surface area contributed by atoms with Gasteiger partial charge in [-0.15, -0.1) is 0 Å². The number of benzene rings is 1. The van der Waals surface area contributed by atoms with Gasteiger partial charge in [-0.25, -0.2) is 4.79 Å². The number of rotatable bonds is 5. The van der Waals surface area contributed by atoms with Crippen LogP contribution in [0.4, 0.5) is 11.4 Å². The van der Waals surface area contributed by atoms with Gasteiger partial charge in [0.05, 0.1) is 16.9 Å². The molecule has 0 aromatic heterocycles. The summed E-state index contributed by atoms with van der Waals surface area (Å²) in [4.78, 5) is 13.3. The van der Waals surface area contributed by atoms with Gasteiger partial charge in [0.15, 0.2) is 0 Å². The molecule has 1 aromatic carbocycles. The summed E-state index contributed by atoms with van der Waals surface area (Å²) in [6.07, 6.45) is 3.86. The van der Waals surface area contributed by atoms with Crippen LogP contribution in [0.1, 0.15) is 36.5 Å². The molecule has 0 bridgehead atoms. The highest BCUT2D eigenvalue weighted by atomic mass is 16.4. The molecular formula is C14H20N2O2. The van der Waals surface area contributed by atoms with E-state index in [0.29, 0.717) is 5.69 Å². The quantitative estimate of drug-likeness (QED) is 0.786. The molecule has 18 heavy (non-hydrogen) atoms. The van der Waals surface area contributed by atoms with Crippen molar-refractivity contribution in [2.45, 2.75) is 26.2 Å². The second kappa shape index (κ2) is 5.29. The molecule has 1 saturated carbocycles. The topological polar surface area (TPSA) is 66.6 Å². The van der Waals surface area contributed by atoms with Gasteiger partial charge in [0.1, 0.15) is 0 Å². The Morgan fingerprint density at radius 2 is 2.22 bits per heavy atom. The van der Waals surface area contributed by atoms with Crippen LogP contribution in [0, 0.1) is 5.92 Å². The van der Waals surface area contributed by atoms with Crippen LogP contribution in [-0.4, -0.2) is 24.2 Å². The Kier molecular flexibility index (Phi) is 3.75. The fraction of sp³-hybridized carbons (Fsp3) is 0.500. The summed E-state index contributed by atoms with van der Waals surface area (Å²) in [5.41, 5.74) is 7.40. The van der Waals surface area contributed by atoms with E-state index in [-0.39, 0.29) is 5.56 Å². The predicted octanol–water partition coefficient (Wildman–Crippen LogP) is 2.59. The Morgan fingerprint density at radius 1 is 1.50 bits per heavy atom. The molecule has 0 heterocycles. The third-order valence-corrected chi connectivity index (χ3v) is 3.74. The standard InChI is InChI=1S/C14H20N2O2/c1-2-16(9-10-5-3-6-10)12-8-4-7-11(13(12)15)14(17)18/h4,7-8,10H,2-3,5-6,9,15H2,1H3,(H,17,18). The first kappa shape index (κ1) is 12.7. The first-order valence-electron chi connectivity index (χ1n) is 6.50. The van der Waals surface area contributed by atoms with E-state index >= 15 is 0 Å². The maximum absolute atomic E-state index is 11.1. The van der Waals surface area contributed by atoms with Gasteiger partial charge in [-0.05, 0) is 37.8 Å². The van der Waals surface area contributed by atoms with Gasteiger partial charge in [0.2, 0.25) is 0 Å². The van der Waals surface area contributed by atoms with Crippen molar-refractivity contribution >= 4 is 17.3 Å². The highest BCUT2D eigenvalue weighted by Crippen LogP contribution is 2.32. The first-order valence-corrected chi connectivity index (χ1v) is 6.50. The van der Waals surface area contributed by atoms with E-state index in [2.05, 4.69) is 11.8 Å². The Morgan fingerprint density at radius 3 is 2.72 bits per heavy atom. The van der Waals surface area contributed by atoms with Crippen LogP contribution >= 0.6 is 0 Å². The second-order valence-electron chi connectivity index (χ2n) is 4.88. The molecule has 1 aliphatic carbocycles. The molecule has 1 fully saturated rings. The molecule has 0 amide bonds. The summed E-state index contributed by atoms with van der Waals surface area (Å²) < 4.78 is 0. The zero-order valence-electron chi connectivity index (χ0n) is 10.7. The number of aromatic carboxylic acids is 1. The molecule has 0 radical (unpaired) electrons. The van der Waals surface area contributed by atoms with Crippen molar-refractivity contribution in [3.8, 4) is 0 Å². The lowest BCUT2D eigenvalue weighted by Gasteiger charge is -2.33. The average Bonchev–Trinajstić information content (AvgIpc) is 2.29. The molecule has 1 aromatic rings. The number of hydrogen-bond donors (Lipinski definition) is 2. The molecular weight excluding hydrogens is 228 g/mol. The van der Waals surface area contributed by atoms with Crippen molar-refractivity contribution in [1.29, 1.82) is 0 Å². The van der Waals surface area contributed by atoms with Crippen LogP contribution in [0.3, 0.4) is 0 Å². The number of carbonyl (C=O) groups is 1. The van der Waals surface area contributed by atoms with Gasteiger partial charge in [0.25, 0.3) is 0 Å². The normalized spacial score (nSPS) is 15.2. The largest absolute Gasteiger partial charge is 0.478 e. The van der Waals surface area contributed by atoms with Gasteiger partial charge < -0.3 is 15.7 Å². The number of carboxylic acid groups (broad SMARTS) is 1. The minimum absolute atomic E-state index is 0.194. The maximum atomic E-state index is 11.1. The van der Waals surface area contributed by atoms with Gasteiger partial charge >= 0.3 is 5.97 Å². The number of nitrogens with two attached hydrogens (primary N) is 1. The third-order valence-electron chi connectivity index (χ3n) is 3.74. The zero-order valence-corrected chi connectivity index (χ0v) is 10.7. The molecule has 0 saturated heterocycles. The number of nitrogen functional groups attached to an aromatic ring is 1. The van der Waals surface area contributed by atoms with Gasteiger partial charge in [-0.2, -0.15) is 0 Å². The summed E-state index contributed by atoms with van der Waals surface area (Å²) in [5, 5.41) is 9.09. The number of hydrogen-bond acceptors (Lipinski definition) is 3. The molecule has 0 aliphatic heterocycles. The van der Waals surface area contributed by atoms with Gasteiger partial charge in [-0.1, -0.05) is 12.5 Å². The number of carboxylic acids is 1. The Labute approximate surface area is 107 Å². The van der Waals surface area contributed by atoms with Crippen LogP contribution < -0.4 is 10.6 Å². The maximum Gasteiger partial charge on any atom is 0.337 e. The highest BCUT2D eigenvalue weighted by Gasteiger charge is 2.22. The second-order valence-corrected chi connectivity index (χ2v) is 4.88. The van der Waals surface area contributed by atoms with E-state index in [1.807, 2.05) is 6.07 Å². The summed E-state index contributed by atoms with van der Waals surface area (Å²) in [6, 6.07) is 5.22. The smallest absolute Gasteiger partial charge is 0.337 e. The van der Waals surface area contributed by atoms with Crippen molar-refractivity contribution in [2.75, 3.05) is 23.7 Å². The van der Waals surface area contributed by atoms with Crippen molar-refractivity contribution < 1.29 is 9.90 Å². The summed E-state index contributed by atoms with van der Waals surface area (Å²) in [6.45, 7) is 3.90. The number of anilines is 2. The fourth-order valence-electron chi connectivity index (χ4n) is 2.40. The fourth-order valence-corrected chi connectivity index (χ4v) is 2.40. The lowest BCUT2D eigenvalue weighted by atomic mass is 9.85. The third kappa shape index (κ3) is 2.42. The van der Waals surface area contributed by atoms with Crippen molar-refractivity contribution in [1.82, 2.24) is 0 Å². The number of nitrogens with zero attached hydrogens (tertiary/aromatic N) is 1. The van der Waals surface area contributed by atoms with Gasteiger partial charge in [0, 0.05) is 13.1 Å². The van der Waals surface area contributed by atoms with Crippen LogP contribution in [-0.2, 0) is 0 Å². The van der Waals surface area contributed by atoms with Crippen LogP contribution in [0.25, 0.3) is 0 Å². The Bertz CT molecular complexity index is 441. The molecule has 0 unspecified atom stereocenters. The van der Waals surface area contributed by atoms with E-state index in [4.69, 9.17) is 10.8 Å². The van der Waals surface area contributed by atoms with Crippen LogP contribution in [0.2, 0.25) is 0 Å².